The van der Waals surface area contributed by atoms with E-state index < -0.39 is 6.09 Å². The molecule has 0 saturated heterocycles. The molecule has 1 heterocycles. The molecule has 6 nitrogen and oxygen atoms in total. The van der Waals surface area contributed by atoms with E-state index >= 15 is 0 Å². The number of nitroso groups, excluding NO2 is 1. The minimum absolute atomic E-state index is 0.0414. The molecular weight excluding hydrogens is 310 g/mol. The molecule has 0 unspecified atom stereocenters. The van der Waals surface area contributed by atoms with E-state index in [0.717, 1.165) is 5.03 Å². The third kappa shape index (κ3) is 6.65. The van der Waals surface area contributed by atoms with Crippen LogP contribution in [-0.2, 0) is 4.74 Å². The van der Waals surface area contributed by atoms with Crippen molar-refractivity contribution >= 4 is 39.3 Å². The van der Waals surface area contributed by atoms with Gasteiger partial charge in [-0.15, -0.1) is 16.5 Å². The molecule has 0 aliphatic heterocycles. The first-order chi connectivity index (χ1) is 9.27. The first-order valence-corrected chi connectivity index (χ1v) is 8.17. The molecule has 0 saturated carbocycles. The molecule has 0 fully saturated rings. The molecule has 0 bridgehead atoms. The van der Waals surface area contributed by atoms with Crippen LogP contribution in [-0.4, -0.2) is 40.9 Å². The summed E-state index contributed by atoms with van der Waals surface area (Å²) in [5.74, 6) is 0.714. The zero-order valence-electron chi connectivity index (χ0n) is 9.90. The van der Waals surface area contributed by atoms with E-state index in [0.29, 0.717) is 10.8 Å². The molecule has 1 aromatic heterocycles. The molecule has 0 atom stereocenters. The Kier molecular flexibility index (Phi) is 8.35. The summed E-state index contributed by atoms with van der Waals surface area (Å²) in [6.45, 7) is 0.233. The molecule has 0 radical (unpaired) electrons. The smallest absolute Gasteiger partial charge is 0.433 e. The second-order valence-corrected chi connectivity index (χ2v) is 5.90. The largest absolute Gasteiger partial charge is 0.447 e. The highest BCUT2D eigenvalue weighted by Crippen LogP contribution is 2.28. The van der Waals surface area contributed by atoms with Crippen LogP contribution in [0.2, 0.25) is 0 Å². The Morgan fingerprint density at radius 1 is 1.53 bits per heavy atom. The van der Waals surface area contributed by atoms with Crippen LogP contribution >= 0.6 is 33.2 Å². The van der Waals surface area contributed by atoms with Crippen molar-refractivity contribution in [2.24, 2.45) is 5.29 Å². The number of halogens is 1. The monoisotopic (exact) mass is 321 g/mol. The lowest BCUT2D eigenvalue weighted by molar-refractivity contribution is 0.111. The molecule has 1 amide bonds. The highest BCUT2D eigenvalue weighted by Gasteiger charge is 2.14. The van der Waals surface area contributed by atoms with Crippen LogP contribution in [0.5, 0.6) is 0 Å². The average molecular weight is 322 g/mol. The summed E-state index contributed by atoms with van der Waals surface area (Å²) in [6, 6.07) is 5.63. The molecule has 19 heavy (non-hydrogen) atoms. The van der Waals surface area contributed by atoms with E-state index in [-0.39, 0.29) is 19.0 Å². The van der Waals surface area contributed by atoms with Gasteiger partial charge in [-0.25, -0.2) is 9.78 Å². The molecule has 9 heteroatoms. The molecule has 0 aromatic carbocycles. The molecule has 0 N–H and O–H groups in total. The van der Waals surface area contributed by atoms with Crippen molar-refractivity contribution in [3.8, 4) is 0 Å². The van der Waals surface area contributed by atoms with Gasteiger partial charge in [-0.2, -0.15) is 5.01 Å². The Bertz CT molecular complexity index is 397. The zero-order valence-corrected chi connectivity index (χ0v) is 12.3. The molecule has 0 aliphatic carbocycles. The minimum atomic E-state index is -0.779. The molecule has 0 spiro atoms. The summed E-state index contributed by atoms with van der Waals surface area (Å²) in [5, 5.41) is 4.07. The Morgan fingerprint density at radius 2 is 2.37 bits per heavy atom. The van der Waals surface area contributed by atoms with Gasteiger partial charge in [0.05, 0.1) is 11.8 Å². The van der Waals surface area contributed by atoms with Crippen LogP contribution < -0.4 is 0 Å². The number of rotatable bonds is 8. The number of ether oxygens (including phenoxy) is 1. The summed E-state index contributed by atoms with van der Waals surface area (Å²) in [6.07, 6.45) is 0.932. The zero-order chi connectivity index (χ0) is 13.9. The minimum Gasteiger partial charge on any atom is -0.447 e. The van der Waals surface area contributed by atoms with Gasteiger partial charge < -0.3 is 4.74 Å². The predicted octanol–water partition coefficient (Wildman–Crippen LogP) is 3.18. The van der Waals surface area contributed by atoms with Gasteiger partial charge in [-0.05, 0) is 22.9 Å². The number of hydrogen-bond acceptors (Lipinski definition) is 7. The summed E-state index contributed by atoms with van der Waals surface area (Å²) in [5.41, 5.74) is 0. The van der Waals surface area contributed by atoms with Crippen molar-refractivity contribution in [1.29, 1.82) is 0 Å². The topological polar surface area (TPSA) is 71.9 Å². The van der Waals surface area contributed by atoms with Gasteiger partial charge in [0, 0.05) is 17.8 Å². The van der Waals surface area contributed by atoms with Crippen molar-refractivity contribution in [3.63, 3.8) is 0 Å². The highest BCUT2D eigenvalue weighted by atomic mass is 35.5. The second kappa shape index (κ2) is 9.88. The standard InChI is InChI=1S/C10H12ClN3O3S2/c11-4-6-14(13-16)10(15)17-7-8-18-19-9-3-1-2-5-12-9/h1-3,5H,4,6-8H2. The Labute approximate surface area is 123 Å². The van der Waals surface area contributed by atoms with Crippen molar-refractivity contribution in [2.75, 3.05) is 24.8 Å². The number of carbonyl (C=O) groups excluding carboxylic acids is 1. The quantitative estimate of drug-likeness (QED) is 0.241. The van der Waals surface area contributed by atoms with Gasteiger partial charge in [0.15, 0.2) is 0 Å². The van der Waals surface area contributed by atoms with E-state index in [9.17, 15) is 9.70 Å². The predicted molar refractivity (Wildman–Crippen MR) is 77.1 cm³/mol. The van der Waals surface area contributed by atoms with Crippen molar-refractivity contribution < 1.29 is 9.53 Å². The van der Waals surface area contributed by atoms with Gasteiger partial charge in [-0.3, -0.25) is 0 Å². The molecular formula is C10H12ClN3O3S2. The number of carbonyl (C=O) groups is 1. The number of nitrogens with zero attached hydrogens (tertiary/aromatic N) is 3. The number of pyridine rings is 1. The summed E-state index contributed by atoms with van der Waals surface area (Å²) in [7, 11) is 3.00. The van der Waals surface area contributed by atoms with Crippen LogP contribution in [0.25, 0.3) is 0 Å². The lowest BCUT2D eigenvalue weighted by Crippen LogP contribution is -2.28. The van der Waals surface area contributed by atoms with Crippen LogP contribution in [0, 0.1) is 4.91 Å². The first kappa shape index (κ1) is 16.1. The van der Waals surface area contributed by atoms with E-state index in [1.807, 2.05) is 18.2 Å². The Morgan fingerprint density at radius 3 is 3.00 bits per heavy atom. The third-order valence-corrected chi connectivity index (χ3v) is 4.18. The molecule has 0 aliphatic rings. The Hall–Kier alpha value is -0.990. The SMILES string of the molecule is O=NN(CCCl)C(=O)OCCSSc1ccccn1. The maximum Gasteiger partial charge on any atom is 0.433 e. The van der Waals surface area contributed by atoms with Gasteiger partial charge in [0.2, 0.25) is 0 Å². The maximum atomic E-state index is 11.3. The molecule has 1 aromatic rings. The number of hydrogen-bond donors (Lipinski definition) is 0. The number of amides is 1. The van der Waals surface area contributed by atoms with Gasteiger partial charge in [0.25, 0.3) is 0 Å². The van der Waals surface area contributed by atoms with E-state index in [4.69, 9.17) is 16.3 Å². The molecule has 104 valence electrons. The summed E-state index contributed by atoms with van der Waals surface area (Å²) in [4.78, 5) is 25.8. The fraction of sp³-hybridized carbons (Fsp3) is 0.400. The second-order valence-electron chi connectivity index (χ2n) is 3.08. The number of aromatic nitrogens is 1. The Balaban J connectivity index is 2.13. The average Bonchev–Trinajstić information content (AvgIpc) is 2.45. The lowest BCUT2D eigenvalue weighted by atomic mass is 10.5. The van der Waals surface area contributed by atoms with Gasteiger partial charge in [0.1, 0.15) is 11.6 Å². The van der Waals surface area contributed by atoms with Crippen LogP contribution in [0.15, 0.2) is 34.7 Å². The van der Waals surface area contributed by atoms with E-state index in [1.54, 1.807) is 6.20 Å². The van der Waals surface area contributed by atoms with Crippen molar-refractivity contribution in [2.45, 2.75) is 5.03 Å². The molecule has 1 rings (SSSR count). The van der Waals surface area contributed by atoms with Gasteiger partial charge >= 0.3 is 6.09 Å². The lowest BCUT2D eigenvalue weighted by Gasteiger charge is -2.11. The van der Waals surface area contributed by atoms with Gasteiger partial charge in [-0.1, -0.05) is 16.9 Å². The highest BCUT2D eigenvalue weighted by molar-refractivity contribution is 8.76. The maximum absolute atomic E-state index is 11.3. The fourth-order valence-corrected chi connectivity index (χ4v) is 2.85. The van der Waals surface area contributed by atoms with Crippen molar-refractivity contribution in [3.05, 3.63) is 29.3 Å². The fourth-order valence-electron chi connectivity index (χ4n) is 0.981. The van der Waals surface area contributed by atoms with E-state index in [1.165, 1.54) is 21.6 Å². The van der Waals surface area contributed by atoms with Crippen molar-refractivity contribution in [1.82, 2.24) is 9.99 Å². The van der Waals surface area contributed by atoms with Crippen LogP contribution in [0.3, 0.4) is 0 Å². The van der Waals surface area contributed by atoms with Crippen LogP contribution in [0.1, 0.15) is 0 Å². The third-order valence-electron chi connectivity index (χ3n) is 1.78. The van der Waals surface area contributed by atoms with Crippen LogP contribution in [0.4, 0.5) is 4.79 Å². The summed E-state index contributed by atoms with van der Waals surface area (Å²) >= 11 is 5.41. The summed E-state index contributed by atoms with van der Waals surface area (Å²) < 4.78 is 4.87. The number of alkyl halides is 1. The first-order valence-electron chi connectivity index (χ1n) is 5.32. The van der Waals surface area contributed by atoms with E-state index in [2.05, 4.69) is 10.3 Å². The normalized spacial score (nSPS) is 9.95.